The molecule has 0 aromatic heterocycles. The second-order valence-corrected chi connectivity index (χ2v) is 6.02. The molecule has 0 radical (unpaired) electrons. The number of benzene rings is 2. The van der Waals surface area contributed by atoms with Gasteiger partial charge in [-0.05, 0) is 30.2 Å². The van der Waals surface area contributed by atoms with E-state index in [9.17, 15) is 18.0 Å². The first kappa shape index (κ1) is 19.8. The number of carbonyl (C=O) groups is 1. The van der Waals surface area contributed by atoms with E-state index in [4.69, 9.17) is 0 Å². The molecule has 7 heteroatoms. The molecule has 1 atom stereocenters. The number of halogens is 3. The molecule has 0 saturated heterocycles. The molecule has 4 nitrogen and oxygen atoms in total. The summed E-state index contributed by atoms with van der Waals surface area (Å²) in [6.45, 7) is -1.76. The molecule has 0 fully saturated rings. The van der Waals surface area contributed by atoms with E-state index in [1.54, 1.807) is 30.3 Å². The molecule has 0 aliphatic rings. The van der Waals surface area contributed by atoms with Crippen molar-refractivity contribution in [1.82, 2.24) is 5.32 Å². The normalized spacial score (nSPS) is 12.0. The number of hydrogen-bond acceptors (Lipinski definition) is 2. The molecule has 1 unspecified atom stereocenters. The summed E-state index contributed by atoms with van der Waals surface area (Å²) < 4.78 is 42.1. The van der Waals surface area contributed by atoms with Crippen molar-refractivity contribution in [3.63, 3.8) is 0 Å². The van der Waals surface area contributed by atoms with Gasteiger partial charge in [0.1, 0.15) is 18.1 Å². The first-order valence-electron chi connectivity index (χ1n) is 8.29. The topological polar surface area (TPSA) is 42.8 Å². The fourth-order valence-electron chi connectivity index (χ4n) is 2.55. The standard InChI is InChI=1S/C19H21F3N2O2/c1-24(12-15-4-2-3-5-17(15)20)13-18(25)23-11-10-14-6-8-16(9-7-14)26-19(21)22/h2-9,19H,10-13H2,1H3,(H,23,25)/p+1. The zero-order chi connectivity index (χ0) is 18.9. The maximum atomic E-state index is 13.6. The highest BCUT2D eigenvalue weighted by Crippen LogP contribution is 2.14. The third-order valence-electron chi connectivity index (χ3n) is 3.80. The molecule has 2 N–H and O–H groups in total. The van der Waals surface area contributed by atoms with E-state index in [1.165, 1.54) is 18.2 Å². The Bertz CT molecular complexity index is 708. The van der Waals surface area contributed by atoms with Gasteiger partial charge in [-0.25, -0.2) is 4.39 Å². The molecule has 0 aliphatic heterocycles. The second-order valence-electron chi connectivity index (χ2n) is 6.02. The first-order valence-corrected chi connectivity index (χ1v) is 8.29. The lowest BCUT2D eigenvalue weighted by Crippen LogP contribution is -3.09. The number of rotatable bonds is 9. The highest BCUT2D eigenvalue weighted by Gasteiger charge is 2.12. The van der Waals surface area contributed by atoms with Gasteiger partial charge in [-0.2, -0.15) is 8.78 Å². The van der Waals surface area contributed by atoms with Crippen LogP contribution in [0.1, 0.15) is 11.1 Å². The lowest BCUT2D eigenvalue weighted by molar-refractivity contribution is -0.885. The Morgan fingerprint density at radius 1 is 1.15 bits per heavy atom. The Kier molecular flexibility index (Phi) is 7.47. The minimum absolute atomic E-state index is 0.103. The number of alkyl halides is 2. The van der Waals surface area contributed by atoms with Crippen molar-refractivity contribution in [2.75, 3.05) is 20.1 Å². The van der Waals surface area contributed by atoms with Crippen LogP contribution in [0.25, 0.3) is 0 Å². The Balaban J connectivity index is 1.70. The summed E-state index contributed by atoms with van der Waals surface area (Å²) in [5.41, 5.74) is 1.47. The van der Waals surface area contributed by atoms with Crippen molar-refractivity contribution in [2.24, 2.45) is 0 Å². The Morgan fingerprint density at radius 3 is 2.50 bits per heavy atom. The average molecular weight is 367 g/mol. The number of likely N-dealkylation sites (N-methyl/N-ethyl adjacent to an activating group) is 1. The molecular formula is C19H22F3N2O2+. The van der Waals surface area contributed by atoms with Gasteiger partial charge in [0.15, 0.2) is 6.54 Å². The van der Waals surface area contributed by atoms with E-state index in [0.717, 1.165) is 10.5 Å². The Morgan fingerprint density at radius 2 is 1.85 bits per heavy atom. The quantitative estimate of drug-likeness (QED) is 0.710. The third-order valence-corrected chi connectivity index (χ3v) is 3.80. The summed E-state index contributed by atoms with van der Waals surface area (Å²) in [5, 5.41) is 2.80. The van der Waals surface area contributed by atoms with Gasteiger partial charge >= 0.3 is 6.61 Å². The molecule has 26 heavy (non-hydrogen) atoms. The zero-order valence-electron chi connectivity index (χ0n) is 14.5. The van der Waals surface area contributed by atoms with Crippen LogP contribution >= 0.6 is 0 Å². The summed E-state index contributed by atoms with van der Waals surface area (Å²) in [5.74, 6) is -0.297. The first-order chi connectivity index (χ1) is 12.4. The summed E-state index contributed by atoms with van der Waals surface area (Å²) >= 11 is 0. The van der Waals surface area contributed by atoms with E-state index >= 15 is 0 Å². The van der Waals surface area contributed by atoms with Gasteiger partial charge in [0.05, 0.1) is 7.05 Å². The summed E-state index contributed by atoms with van der Waals surface area (Å²) in [4.78, 5) is 12.8. The van der Waals surface area contributed by atoms with Gasteiger partial charge in [0.2, 0.25) is 0 Å². The minimum Gasteiger partial charge on any atom is -0.435 e. The minimum atomic E-state index is -2.84. The molecule has 1 amide bonds. The number of carbonyl (C=O) groups excluding carboxylic acids is 1. The molecule has 0 aliphatic carbocycles. The number of amides is 1. The predicted octanol–water partition coefficient (Wildman–Crippen LogP) is 1.80. The number of nitrogens with one attached hydrogen (secondary N) is 2. The fraction of sp³-hybridized carbons (Fsp3) is 0.316. The zero-order valence-corrected chi connectivity index (χ0v) is 14.5. The number of quaternary nitrogens is 1. The van der Waals surface area contributed by atoms with Crippen LogP contribution in [0, 0.1) is 5.82 Å². The molecule has 0 saturated carbocycles. The van der Waals surface area contributed by atoms with Crippen LogP contribution in [0.5, 0.6) is 5.75 Å². The number of hydrogen-bond donors (Lipinski definition) is 2. The van der Waals surface area contributed by atoms with Crippen LogP contribution in [0.3, 0.4) is 0 Å². The van der Waals surface area contributed by atoms with Crippen molar-refractivity contribution in [3.05, 3.63) is 65.5 Å². The smallest absolute Gasteiger partial charge is 0.387 e. The monoisotopic (exact) mass is 367 g/mol. The van der Waals surface area contributed by atoms with Crippen molar-refractivity contribution in [3.8, 4) is 5.75 Å². The molecule has 0 bridgehead atoms. The molecule has 140 valence electrons. The molecule has 0 heterocycles. The van der Waals surface area contributed by atoms with Crippen LogP contribution < -0.4 is 15.0 Å². The highest BCUT2D eigenvalue weighted by molar-refractivity contribution is 5.76. The van der Waals surface area contributed by atoms with Crippen LogP contribution in [0.15, 0.2) is 48.5 Å². The van der Waals surface area contributed by atoms with Crippen LogP contribution in [-0.2, 0) is 17.8 Å². The van der Waals surface area contributed by atoms with E-state index in [1.807, 2.05) is 7.05 Å². The van der Waals surface area contributed by atoms with E-state index in [-0.39, 0.29) is 24.0 Å². The SMILES string of the molecule is C[NH+](CC(=O)NCCc1ccc(OC(F)F)cc1)Cc1ccccc1F. The van der Waals surface area contributed by atoms with E-state index < -0.39 is 6.61 Å². The Labute approximate surface area is 150 Å². The van der Waals surface area contributed by atoms with E-state index in [0.29, 0.717) is 25.1 Å². The predicted molar refractivity (Wildman–Crippen MR) is 91.6 cm³/mol. The molecule has 2 aromatic carbocycles. The maximum Gasteiger partial charge on any atom is 0.387 e. The molecule has 2 aromatic rings. The summed E-state index contributed by atoms with van der Waals surface area (Å²) in [6, 6.07) is 12.8. The highest BCUT2D eigenvalue weighted by atomic mass is 19.3. The van der Waals surface area contributed by atoms with Crippen molar-refractivity contribution in [1.29, 1.82) is 0 Å². The molecule has 0 spiro atoms. The van der Waals surface area contributed by atoms with Crippen molar-refractivity contribution in [2.45, 2.75) is 19.6 Å². The Hall–Kier alpha value is -2.54. The second kappa shape index (κ2) is 9.82. The molecular weight excluding hydrogens is 345 g/mol. The number of ether oxygens (including phenoxy) is 1. The largest absolute Gasteiger partial charge is 0.435 e. The van der Waals surface area contributed by atoms with Gasteiger partial charge < -0.3 is 15.0 Å². The lowest BCUT2D eigenvalue weighted by Gasteiger charge is -2.14. The summed E-state index contributed by atoms with van der Waals surface area (Å²) in [7, 11) is 1.83. The van der Waals surface area contributed by atoms with Crippen molar-refractivity contribution < 1.29 is 27.6 Å². The molecule has 2 rings (SSSR count). The van der Waals surface area contributed by atoms with Crippen LogP contribution in [-0.4, -0.2) is 32.7 Å². The van der Waals surface area contributed by atoms with Gasteiger partial charge in [-0.3, -0.25) is 4.79 Å². The maximum absolute atomic E-state index is 13.6. The van der Waals surface area contributed by atoms with Crippen LogP contribution in [0.4, 0.5) is 13.2 Å². The lowest BCUT2D eigenvalue weighted by atomic mass is 10.1. The van der Waals surface area contributed by atoms with Gasteiger partial charge in [-0.15, -0.1) is 0 Å². The third kappa shape index (κ3) is 6.76. The van der Waals surface area contributed by atoms with Gasteiger partial charge in [0.25, 0.3) is 5.91 Å². The van der Waals surface area contributed by atoms with Crippen LogP contribution in [0.2, 0.25) is 0 Å². The van der Waals surface area contributed by atoms with E-state index in [2.05, 4.69) is 10.1 Å². The summed E-state index contributed by atoms with van der Waals surface area (Å²) in [6.07, 6.45) is 0.576. The van der Waals surface area contributed by atoms with Gasteiger partial charge in [-0.1, -0.05) is 30.3 Å². The van der Waals surface area contributed by atoms with Gasteiger partial charge in [0, 0.05) is 12.1 Å². The average Bonchev–Trinajstić information content (AvgIpc) is 2.58. The van der Waals surface area contributed by atoms with Crippen molar-refractivity contribution >= 4 is 5.91 Å². The fourth-order valence-corrected chi connectivity index (χ4v) is 2.55.